The second-order valence-electron chi connectivity index (χ2n) is 5.20. The second-order valence-corrected chi connectivity index (χ2v) is 5.60. The molecule has 1 aromatic rings. The summed E-state index contributed by atoms with van der Waals surface area (Å²) in [6.45, 7) is 2.20. The van der Waals surface area contributed by atoms with Crippen LogP contribution in [0.3, 0.4) is 0 Å². The number of halogens is 1. The summed E-state index contributed by atoms with van der Waals surface area (Å²) in [5.74, 6) is -0.744. The zero-order valence-corrected chi connectivity index (χ0v) is 11.6. The van der Waals surface area contributed by atoms with Gasteiger partial charge in [0, 0.05) is 32.1 Å². The maximum absolute atomic E-state index is 11.7. The molecule has 1 atom stereocenters. The Morgan fingerprint density at radius 1 is 1.35 bits per heavy atom. The Kier molecular flexibility index (Phi) is 3.30. The van der Waals surface area contributed by atoms with E-state index in [2.05, 4.69) is 4.90 Å². The Hall–Kier alpha value is -1.75. The summed E-state index contributed by atoms with van der Waals surface area (Å²) in [7, 11) is 0. The average molecular weight is 295 g/mol. The molecule has 1 unspecified atom stereocenters. The number of carboxylic acid groups (broad SMARTS) is 1. The third-order valence-electron chi connectivity index (χ3n) is 4.03. The molecule has 0 radical (unpaired) electrons. The number of hydrogen-bond acceptors (Lipinski definition) is 3. The summed E-state index contributed by atoms with van der Waals surface area (Å²) < 4.78 is 0. The van der Waals surface area contributed by atoms with E-state index in [-0.39, 0.29) is 17.5 Å². The molecule has 106 valence electrons. The van der Waals surface area contributed by atoms with E-state index < -0.39 is 5.97 Å². The van der Waals surface area contributed by atoms with Crippen LogP contribution in [-0.4, -0.2) is 47.6 Å². The molecule has 5 nitrogen and oxygen atoms in total. The van der Waals surface area contributed by atoms with Gasteiger partial charge in [-0.2, -0.15) is 0 Å². The fraction of sp³-hybridized carbons (Fsp3) is 0.429. The van der Waals surface area contributed by atoms with Crippen LogP contribution in [0, 0.1) is 0 Å². The maximum atomic E-state index is 11.7. The van der Waals surface area contributed by atoms with Crippen molar-refractivity contribution in [3.8, 4) is 0 Å². The van der Waals surface area contributed by atoms with Crippen molar-refractivity contribution in [3.05, 3.63) is 28.8 Å². The van der Waals surface area contributed by atoms with Crippen molar-refractivity contribution in [1.82, 2.24) is 4.90 Å². The lowest BCUT2D eigenvalue weighted by atomic mass is 10.1. The summed E-state index contributed by atoms with van der Waals surface area (Å²) in [4.78, 5) is 26.6. The first-order valence-electron chi connectivity index (χ1n) is 6.63. The second kappa shape index (κ2) is 4.98. The van der Waals surface area contributed by atoms with Crippen molar-refractivity contribution in [3.63, 3.8) is 0 Å². The van der Waals surface area contributed by atoms with Gasteiger partial charge in [0.25, 0.3) is 0 Å². The van der Waals surface area contributed by atoms with Crippen molar-refractivity contribution in [2.45, 2.75) is 18.9 Å². The van der Waals surface area contributed by atoms with Crippen molar-refractivity contribution >= 4 is 29.2 Å². The van der Waals surface area contributed by atoms with Crippen LogP contribution in [0.4, 0.5) is 5.69 Å². The number of carbonyl (C=O) groups is 2. The number of carboxylic acids is 1. The van der Waals surface area contributed by atoms with Gasteiger partial charge in [-0.25, -0.2) is 4.79 Å². The third kappa shape index (κ3) is 2.22. The lowest BCUT2D eigenvalue weighted by Crippen LogP contribution is -2.51. The molecule has 1 amide bonds. The molecule has 0 aliphatic carbocycles. The molecule has 0 saturated carbocycles. The van der Waals surface area contributed by atoms with Crippen molar-refractivity contribution in [2.24, 2.45) is 0 Å². The third-order valence-corrected chi connectivity index (χ3v) is 4.33. The SMILES string of the molecule is O=C(O)c1ccc(N2CCN3C(=O)CCC3C2)c(Cl)c1. The van der Waals surface area contributed by atoms with E-state index >= 15 is 0 Å². The van der Waals surface area contributed by atoms with Gasteiger partial charge in [0.15, 0.2) is 0 Å². The van der Waals surface area contributed by atoms with Crippen molar-refractivity contribution in [1.29, 1.82) is 0 Å². The van der Waals surface area contributed by atoms with Gasteiger partial charge in [0.05, 0.1) is 16.3 Å². The number of carbonyl (C=O) groups excluding carboxylic acids is 1. The van der Waals surface area contributed by atoms with E-state index in [0.29, 0.717) is 18.0 Å². The highest BCUT2D eigenvalue weighted by Gasteiger charge is 2.35. The van der Waals surface area contributed by atoms with E-state index in [1.807, 2.05) is 4.90 Å². The molecular weight excluding hydrogens is 280 g/mol. The summed E-state index contributed by atoms with van der Waals surface area (Å²) in [6, 6.07) is 5.05. The lowest BCUT2D eigenvalue weighted by molar-refractivity contribution is -0.129. The van der Waals surface area contributed by atoms with Crippen molar-refractivity contribution in [2.75, 3.05) is 24.5 Å². The summed E-state index contributed by atoms with van der Waals surface area (Å²) in [6.07, 6.45) is 1.52. The van der Waals surface area contributed by atoms with Crippen LogP contribution in [0.1, 0.15) is 23.2 Å². The molecule has 1 N–H and O–H groups in total. The molecule has 2 fully saturated rings. The Balaban J connectivity index is 1.80. The highest BCUT2D eigenvalue weighted by molar-refractivity contribution is 6.33. The molecule has 0 aromatic heterocycles. The van der Waals surface area contributed by atoms with Crippen LogP contribution in [0.25, 0.3) is 0 Å². The molecular formula is C14H15ClN2O3. The topological polar surface area (TPSA) is 60.9 Å². The van der Waals surface area contributed by atoms with Gasteiger partial charge in [-0.15, -0.1) is 0 Å². The summed E-state index contributed by atoms with van der Waals surface area (Å²) >= 11 is 6.19. The molecule has 1 aromatic carbocycles. The van der Waals surface area contributed by atoms with Crippen LogP contribution < -0.4 is 4.90 Å². The zero-order chi connectivity index (χ0) is 14.3. The largest absolute Gasteiger partial charge is 0.478 e. The zero-order valence-electron chi connectivity index (χ0n) is 10.9. The van der Waals surface area contributed by atoms with E-state index in [1.165, 1.54) is 6.07 Å². The lowest BCUT2D eigenvalue weighted by Gasteiger charge is -2.39. The van der Waals surface area contributed by atoms with Gasteiger partial charge in [-0.1, -0.05) is 11.6 Å². The summed E-state index contributed by atoms with van der Waals surface area (Å²) in [5, 5.41) is 9.39. The highest BCUT2D eigenvalue weighted by Crippen LogP contribution is 2.31. The van der Waals surface area contributed by atoms with Crippen LogP contribution in [0.5, 0.6) is 0 Å². The van der Waals surface area contributed by atoms with Gasteiger partial charge in [-0.3, -0.25) is 4.79 Å². The molecule has 2 saturated heterocycles. The number of nitrogens with zero attached hydrogens (tertiary/aromatic N) is 2. The van der Waals surface area contributed by atoms with Gasteiger partial charge in [0.1, 0.15) is 0 Å². The van der Waals surface area contributed by atoms with Crippen molar-refractivity contribution < 1.29 is 14.7 Å². The molecule has 6 heteroatoms. The predicted octanol–water partition coefficient (Wildman–Crippen LogP) is 1.85. The number of fused-ring (bicyclic) bond motifs is 1. The smallest absolute Gasteiger partial charge is 0.335 e. The van der Waals surface area contributed by atoms with E-state index in [4.69, 9.17) is 16.7 Å². The maximum Gasteiger partial charge on any atom is 0.335 e. The minimum absolute atomic E-state index is 0.188. The predicted molar refractivity (Wildman–Crippen MR) is 75.4 cm³/mol. The molecule has 2 aliphatic rings. The normalized spacial score (nSPS) is 22.1. The Morgan fingerprint density at radius 2 is 2.15 bits per heavy atom. The summed E-state index contributed by atoms with van der Waals surface area (Å²) in [5.41, 5.74) is 1.03. The molecule has 2 heterocycles. The van der Waals surface area contributed by atoms with E-state index in [1.54, 1.807) is 12.1 Å². The first-order chi connectivity index (χ1) is 9.56. The fourth-order valence-electron chi connectivity index (χ4n) is 2.98. The first-order valence-corrected chi connectivity index (χ1v) is 7.01. The van der Waals surface area contributed by atoms with E-state index in [9.17, 15) is 9.59 Å². The van der Waals surface area contributed by atoms with Crippen LogP contribution in [0.15, 0.2) is 18.2 Å². The Bertz CT molecular complexity index is 576. The standard InChI is InChI=1S/C14H15ClN2O3/c15-11-7-9(14(19)20)1-3-12(11)16-5-6-17-10(8-16)2-4-13(17)18/h1,3,7,10H,2,4-6,8H2,(H,19,20). The molecule has 20 heavy (non-hydrogen) atoms. The van der Waals surface area contributed by atoms with Gasteiger partial charge >= 0.3 is 5.97 Å². The number of piperazine rings is 1. The average Bonchev–Trinajstić information content (AvgIpc) is 2.79. The Morgan fingerprint density at radius 3 is 2.85 bits per heavy atom. The van der Waals surface area contributed by atoms with Gasteiger partial charge in [-0.05, 0) is 24.6 Å². The number of rotatable bonds is 2. The molecule has 0 spiro atoms. The van der Waals surface area contributed by atoms with Crippen LogP contribution in [-0.2, 0) is 4.79 Å². The molecule has 3 rings (SSSR count). The minimum atomic E-state index is -0.982. The van der Waals surface area contributed by atoms with Gasteiger partial charge in [0.2, 0.25) is 5.91 Å². The quantitative estimate of drug-likeness (QED) is 0.904. The Labute approximate surface area is 121 Å². The minimum Gasteiger partial charge on any atom is -0.478 e. The molecule has 2 aliphatic heterocycles. The number of benzene rings is 1. The van der Waals surface area contributed by atoms with Gasteiger partial charge < -0.3 is 14.9 Å². The highest BCUT2D eigenvalue weighted by atomic mass is 35.5. The fourth-order valence-corrected chi connectivity index (χ4v) is 3.28. The number of aromatic carboxylic acids is 1. The number of hydrogen-bond donors (Lipinski definition) is 1. The van der Waals surface area contributed by atoms with Crippen LogP contribution >= 0.6 is 11.6 Å². The monoisotopic (exact) mass is 294 g/mol. The molecule has 0 bridgehead atoms. The first kappa shape index (κ1) is 13.2. The van der Waals surface area contributed by atoms with E-state index in [0.717, 1.165) is 25.2 Å². The van der Waals surface area contributed by atoms with Crippen LogP contribution in [0.2, 0.25) is 5.02 Å². The number of anilines is 1. The number of amides is 1.